The van der Waals surface area contributed by atoms with E-state index in [2.05, 4.69) is 42.2 Å². The minimum absolute atomic E-state index is 0.144. The zero-order chi connectivity index (χ0) is 12.1. The molecule has 1 atom stereocenters. The highest BCUT2D eigenvalue weighted by Crippen LogP contribution is 2.30. The monoisotopic (exact) mass is 233 g/mol. The number of hydrogen-bond acceptors (Lipinski definition) is 2. The first-order valence-electron chi connectivity index (χ1n) is 6.59. The van der Waals surface area contributed by atoms with Crippen LogP contribution in [0.25, 0.3) is 0 Å². The Morgan fingerprint density at radius 3 is 2.65 bits per heavy atom. The van der Waals surface area contributed by atoms with Crippen molar-refractivity contribution in [3.63, 3.8) is 0 Å². The molecule has 1 fully saturated rings. The Balaban J connectivity index is 1.91. The van der Waals surface area contributed by atoms with Crippen LogP contribution in [0.4, 0.5) is 0 Å². The van der Waals surface area contributed by atoms with Crippen LogP contribution in [0.15, 0.2) is 30.3 Å². The molecular weight excluding hydrogens is 210 g/mol. The SMILES string of the molecule is CC1(CO)CCCN(Cc2ccccc2)CC1. The molecule has 1 aromatic rings. The molecular formula is C15H23NO. The number of likely N-dealkylation sites (tertiary alicyclic amines) is 1. The highest BCUT2D eigenvalue weighted by molar-refractivity contribution is 5.14. The molecule has 1 saturated heterocycles. The number of benzene rings is 1. The third-order valence-electron chi connectivity index (χ3n) is 3.92. The minimum Gasteiger partial charge on any atom is -0.396 e. The van der Waals surface area contributed by atoms with Crippen LogP contribution in [0.1, 0.15) is 31.7 Å². The Bertz CT molecular complexity index is 338. The molecule has 1 heterocycles. The average Bonchev–Trinajstić information content (AvgIpc) is 2.54. The number of hydrogen-bond donors (Lipinski definition) is 1. The van der Waals surface area contributed by atoms with Crippen LogP contribution in [0.5, 0.6) is 0 Å². The third kappa shape index (κ3) is 3.55. The molecule has 0 spiro atoms. The topological polar surface area (TPSA) is 23.5 Å². The second-order valence-electron chi connectivity index (χ2n) is 5.58. The van der Waals surface area contributed by atoms with E-state index in [-0.39, 0.29) is 5.41 Å². The summed E-state index contributed by atoms with van der Waals surface area (Å²) in [6.45, 7) is 5.84. The summed E-state index contributed by atoms with van der Waals surface area (Å²) in [5, 5.41) is 9.43. The largest absolute Gasteiger partial charge is 0.396 e. The maximum absolute atomic E-state index is 9.43. The summed E-state index contributed by atoms with van der Waals surface area (Å²) in [4.78, 5) is 2.51. The predicted octanol–water partition coefficient (Wildman–Crippen LogP) is 2.67. The van der Waals surface area contributed by atoms with E-state index >= 15 is 0 Å². The molecule has 0 aromatic heterocycles. The number of nitrogens with zero attached hydrogens (tertiary/aromatic N) is 1. The minimum atomic E-state index is 0.144. The molecule has 0 aliphatic carbocycles. The van der Waals surface area contributed by atoms with E-state index in [1.165, 1.54) is 12.0 Å². The molecule has 1 unspecified atom stereocenters. The molecule has 2 heteroatoms. The van der Waals surface area contributed by atoms with Crippen LogP contribution in [-0.4, -0.2) is 29.7 Å². The maximum Gasteiger partial charge on any atom is 0.0485 e. The molecule has 2 rings (SSSR count). The molecule has 0 radical (unpaired) electrons. The third-order valence-corrected chi connectivity index (χ3v) is 3.92. The Labute approximate surface area is 104 Å². The van der Waals surface area contributed by atoms with Gasteiger partial charge in [0, 0.05) is 13.2 Å². The van der Waals surface area contributed by atoms with Gasteiger partial charge in [0.05, 0.1) is 0 Å². The quantitative estimate of drug-likeness (QED) is 0.867. The first-order valence-corrected chi connectivity index (χ1v) is 6.59. The van der Waals surface area contributed by atoms with E-state index in [1.54, 1.807) is 0 Å². The first kappa shape index (κ1) is 12.6. The van der Waals surface area contributed by atoms with Crippen LogP contribution in [0.2, 0.25) is 0 Å². The Hall–Kier alpha value is -0.860. The van der Waals surface area contributed by atoms with Crippen molar-refractivity contribution in [2.24, 2.45) is 5.41 Å². The summed E-state index contributed by atoms with van der Waals surface area (Å²) in [6.07, 6.45) is 3.45. The summed E-state index contributed by atoms with van der Waals surface area (Å²) < 4.78 is 0. The van der Waals surface area contributed by atoms with Crippen molar-refractivity contribution < 1.29 is 5.11 Å². The maximum atomic E-state index is 9.43. The molecule has 1 aliphatic rings. The zero-order valence-electron chi connectivity index (χ0n) is 10.7. The van der Waals surface area contributed by atoms with Gasteiger partial charge in [-0.15, -0.1) is 0 Å². The summed E-state index contributed by atoms with van der Waals surface area (Å²) in [7, 11) is 0. The van der Waals surface area contributed by atoms with Crippen molar-refractivity contribution in [1.82, 2.24) is 4.90 Å². The van der Waals surface area contributed by atoms with Gasteiger partial charge in [0.1, 0.15) is 0 Å². The molecule has 0 amide bonds. The van der Waals surface area contributed by atoms with Crippen LogP contribution < -0.4 is 0 Å². The van der Waals surface area contributed by atoms with Crippen LogP contribution in [0.3, 0.4) is 0 Å². The first-order chi connectivity index (χ1) is 8.22. The highest BCUT2D eigenvalue weighted by Gasteiger charge is 2.26. The number of aliphatic hydroxyl groups excluding tert-OH is 1. The van der Waals surface area contributed by atoms with Gasteiger partial charge in [-0.05, 0) is 43.3 Å². The second-order valence-corrected chi connectivity index (χ2v) is 5.58. The van der Waals surface area contributed by atoms with Crippen molar-refractivity contribution in [2.45, 2.75) is 32.7 Å². The molecule has 1 aromatic carbocycles. The summed E-state index contributed by atoms with van der Waals surface area (Å²) in [5.74, 6) is 0. The van der Waals surface area contributed by atoms with E-state index in [9.17, 15) is 5.11 Å². The number of aliphatic hydroxyl groups is 1. The fourth-order valence-corrected chi connectivity index (χ4v) is 2.55. The van der Waals surface area contributed by atoms with Crippen molar-refractivity contribution >= 4 is 0 Å². The summed E-state index contributed by atoms with van der Waals surface area (Å²) in [5.41, 5.74) is 1.53. The van der Waals surface area contributed by atoms with Gasteiger partial charge in [-0.2, -0.15) is 0 Å². The van der Waals surface area contributed by atoms with Gasteiger partial charge in [-0.1, -0.05) is 37.3 Å². The lowest BCUT2D eigenvalue weighted by Crippen LogP contribution is -2.26. The van der Waals surface area contributed by atoms with Crippen molar-refractivity contribution in [1.29, 1.82) is 0 Å². The summed E-state index contributed by atoms with van der Waals surface area (Å²) in [6, 6.07) is 10.6. The average molecular weight is 233 g/mol. The number of rotatable bonds is 3. The molecule has 0 bridgehead atoms. The van der Waals surface area contributed by atoms with Gasteiger partial charge >= 0.3 is 0 Å². The Morgan fingerprint density at radius 1 is 1.18 bits per heavy atom. The van der Waals surface area contributed by atoms with E-state index in [1.807, 2.05) is 0 Å². The Morgan fingerprint density at radius 2 is 1.94 bits per heavy atom. The van der Waals surface area contributed by atoms with Gasteiger partial charge < -0.3 is 5.11 Å². The zero-order valence-corrected chi connectivity index (χ0v) is 10.7. The van der Waals surface area contributed by atoms with Gasteiger partial charge in [0.25, 0.3) is 0 Å². The normalized spacial score (nSPS) is 26.7. The standard InChI is InChI=1S/C15H23NO/c1-15(13-17)8-5-10-16(11-9-15)12-14-6-3-2-4-7-14/h2-4,6-7,17H,5,8-13H2,1H3. The smallest absolute Gasteiger partial charge is 0.0485 e. The lowest BCUT2D eigenvalue weighted by atomic mass is 9.84. The molecule has 2 nitrogen and oxygen atoms in total. The van der Waals surface area contributed by atoms with Crippen LogP contribution >= 0.6 is 0 Å². The molecule has 94 valence electrons. The van der Waals surface area contributed by atoms with Gasteiger partial charge in [-0.25, -0.2) is 0 Å². The Kier molecular flexibility index (Phi) is 4.19. The van der Waals surface area contributed by atoms with Crippen molar-refractivity contribution in [3.8, 4) is 0 Å². The fourth-order valence-electron chi connectivity index (χ4n) is 2.55. The summed E-state index contributed by atoms with van der Waals surface area (Å²) >= 11 is 0. The fraction of sp³-hybridized carbons (Fsp3) is 0.600. The van der Waals surface area contributed by atoms with Gasteiger partial charge in [0.2, 0.25) is 0 Å². The molecule has 1 aliphatic heterocycles. The van der Waals surface area contributed by atoms with Crippen molar-refractivity contribution in [2.75, 3.05) is 19.7 Å². The van der Waals surface area contributed by atoms with Gasteiger partial charge in [-0.3, -0.25) is 4.90 Å². The predicted molar refractivity (Wildman–Crippen MR) is 70.8 cm³/mol. The van der Waals surface area contributed by atoms with E-state index < -0.39 is 0 Å². The van der Waals surface area contributed by atoms with Crippen LogP contribution in [-0.2, 0) is 6.54 Å². The van der Waals surface area contributed by atoms with E-state index in [0.717, 1.165) is 32.5 Å². The van der Waals surface area contributed by atoms with E-state index in [4.69, 9.17) is 0 Å². The van der Waals surface area contributed by atoms with Crippen LogP contribution in [0, 0.1) is 5.41 Å². The lowest BCUT2D eigenvalue weighted by Gasteiger charge is -2.25. The van der Waals surface area contributed by atoms with E-state index in [0.29, 0.717) is 6.61 Å². The van der Waals surface area contributed by atoms with Crippen molar-refractivity contribution in [3.05, 3.63) is 35.9 Å². The second kappa shape index (κ2) is 5.65. The molecule has 0 saturated carbocycles. The molecule has 1 N–H and O–H groups in total. The molecule has 17 heavy (non-hydrogen) atoms. The lowest BCUT2D eigenvalue weighted by molar-refractivity contribution is 0.124. The van der Waals surface area contributed by atoms with Gasteiger partial charge in [0.15, 0.2) is 0 Å². The highest BCUT2D eigenvalue weighted by atomic mass is 16.3.